The summed E-state index contributed by atoms with van der Waals surface area (Å²) in [6.07, 6.45) is 0.905. The van der Waals surface area contributed by atoms with E-state index in [1.54, 1.807) is 19.9 Å². The molecule has 0 aliphatic rings. The number of benzene rings is 1. The van der Waals surface area contributed by atoms with Crippen molar-refractivity contribution in [3.8, 4) is 6.07 Å². The number of nitriles is 1. The molecular weight excluding hydrogens is 236 g/mol. The first-order valence-electron chi connectivity index (χ1n) is 5.40. The van der Waals surface area contributed by atoms with E-state index in [-0.39, 0.29) is 5.91 Å². The van der Waals surface area contributed by atoms with Gasteiger partial charge in [0.15, 0.2) is 0 Å². The number of halogens is 1. The molecule has 0 spiro atoms. The lowest BCUT2D eigenvalue weighted by atomic mass is 10.1. The fourth-order valence-corrected chi connectivity index (χ4v) is 1.62. The quantitative estimate of drug-likeness (QED) is 0.893. The molecule has 0 radical (unpaired) electrons. The molecule has 0 aliphatic carbocycles. The third kappa shape index (κ3) is 4.46. The number of amides is 1. The highest BCUT2D eigenvalue weighted by molar-refractivity contribution is 6.31. The van der Waals surface area contributed by atoms with E-state index < -0.39 is 5.54 Å². The van der Waals surface area contributed by atoms with Gasteiger partial charge >= 0.3 is 0 Å². The molecule has 0 unspecified atom stereocenters. The number of nitrogens with zero attached hydrogens (tertiary/aromatic N) is 1. The lowest BCUT2D eigenvalue weighted by Gasteiger charge is -2.17. The molecule has 1 aromatic rings. The Morgan fingerprint density at radius 2 is 2.12 bits per heavy atom. The highest BCUT2D eigenvalue weighted by Gasteiger charge is 2.18. The Hall–Kier alpha value is -1.53. The molecule has 4 heteroatoms. The number of carbonyl (C=O) groups excluding carboxylic acids is 1. The summed E-state index contributed by atoms with van der Waals surface area (Å²) >= 11 is 5.98. The van der Waals surface area contributed by atoms with Gasteiger partial charge in [0.2, 0.25) is 5.91 Å². The lowest BCUT2D eigenvalue weighted by Crippen LogP contribution is -2.42. The van der Waals surface area contributed by atoms with Gasteiger partial charge in [-0.15, -0.1) is 0 Å². The Bertz CT molecular complexity index is 449. The Morgan fingerprint density at radius 3 is 2.71 bits per heavy atom. The van der Waals surface area contributed by atoms with Crippen molar-refractivity contribution in [3.05, 3.63) is 34.9 Å². The number of aryl methyl sites for hydroxylation is 1. The summed E-state index contributed by atoms with van der Waals surface area (Å²) in [6.45, 7) is 3.33. The highest BCUT2D eigenvalue weighted by atomic mass is 35.5. The molecule has 1 aromatic carbocycles. The van der Waals surface area contributed by atoms with Gasteiger partial charge in [-0.1, -0.05) is 29.8 Å². The van der Waals surface area contributed by atoms with Crippen molar-refractivity contribution in [2.75, 3.05) is 0 Å². The van der Waals surface area contributed by atoms with E-state index in [2.05, 4.69) is 5.32 Å². The first kappa shape index (κ1) is 13.5. The summed E-state index contributed by atoms with van der Waals surface area (Å²) in [5.41, 5.74) is 0.122. The van der Waals surface area contributed by atoms with E-state index >= 15 is 0 Å². The maximum absolute atomic E-state index is 11.6. The van der Waals surface area contributed by atoms with Crippen molar-refractivity contribution in [1.29, 1.82) is 5.26 Å². The van der Waals surface area contributed by atoms with Gasteiger partial charge < -0.3 is 5.32 Å². The van der Waals surface area contributed by atoms with E-state index in [9.17, 15) is 4.79 Å². The normalized spacial score (nSPS) is 10.7. The molecule has 90 valence electrons. The highest BCUT2D eigenvalue weighted by Crippen LogP contribution is 2.16. The van der Waals surface area contributed by atoms with Crippen LogP contribution in [-0.2, 0) is 11.2 Å². The molecule has 1 amide bonds. The zero-order chi connectivity index (χ0) is 12.9. The number of hydrogen-bond donors (Lipinski definition) is 1. The van der Waals surface area contributed by atoms with Crippen molar-refractivity contribution >= 4 is 17.5 Å². The van der Waals surface area contributed by atoms with E-state index in [1.165, 1.54) is 0 Å². The second-order valence-electron chi connectivity index (χ2n) is 4.38. The summed E-state index contributed by atoms with van der Waals surface area (Å²) < 4.78 is 0. The topological polar surface area (TPSA) is 52.9 Å². The van der Waals surface area contributed by atoms with Crippen LogP contribution in [0, 0.1) is 11.3 Å². The molecular formula is C13H15ClN2O. The predicted molar refractivity (Wildman–Crippen MR) is 67.6 cm³/mol. The zero-order valence-corrected chi connectivity index (χ0v) is 10.7. The molecule has 17 heavy (non-hydrogen) atoms. The van der Waals surface area contributed by atoms with E-state index in [0.717, 1.165) is 5.56 Å². The zero-order valence-electron chi connectivity index (χ0n) is 9.96. The molecule has 0 fully saturated rings. The summed E-state index contributed by atoms with van der Waals surface area (Å²) in [5.74, 6) is -0.142. The minimum atomic E-state index is -0.822. The monoisotopic (exact) mass is 250 g/mol. The summed E-state index contributed by atoms with van der Waals surface area (Å²) in [5, 5.41) is 12.1. The van der Waals surface area contributed by atoms with E-state index in [4.69, 9.17) is 16.9 Å². The Kier molecular flexibility index (Phi) is 4.53. The fraction of sp³-hybridized carbons (Fsp3) is 0.385. The smallest absolute Gasteiger partial charge is 0.221 e. The van der Waals surface area contributed by atoms with Crippen LogP contribution in [0.3, 0.4) is 0 Å². The number of carbonyl (C=O) groups is 1. The maximum Gasteiger partial charge on any atom is 0.221 e. The Balaban J connectivity index is 2.50. The van der Waals surface area contributed by atoms with Gasteiger partial charge in [-0.3, -0.25) is 4.79 Å². The van der Waals surface area contributed by atoms with Crippen molar-refractivity contribution in [2.45, 2.75) is 32.2 Å². The first-order chi connectivity index (χ1) is 7.94. The minimum absolute atomic E-state index is 0.142. The van der Waals surface area contributed by atoms with Crippen LogP contribution in [0.4, 0.5) is 0 Å². The van der Waals surface area contributed by atoms with Crippen LogP contribution in [0.2, 0.25) is 5.02 Å². The van der Waals surface area contributed by atoms with Crippen LogP contribution in [0.1, 0.15) is 25.8 Å². The van der Waals surface area contributed by atoms with Gasteiger partial charge in [0, 0.05) is 11.4 Å². The van der Waals surface area contributed by atoms with Gasteiger partial charge in [-0.2, -0.15) is 5.26 Å². The second-order valence-corrected chi connectivity index (χ2v) is 4.78. The molecule has 0 aliphatic heterocycles. The lowest BCUT2D eigenvalue weighted by molar-refractivity contribution is -0.122. The molecule has 0 heterocycles. The number of rotatable bonds is 4. The standard InChI is InChI=1S/C13H15ClN2O/c1-13(2,9-15)16-12(17)8-7-10-5-3-4-6-11(10)14/h3-6H,7-8H2,1-2H3,(H,16,17). The molecule has 0 aromatic heterocycles. The van der Waals surface area contributed by atoms with Gasteiger partial charge in [-0.25, -0.2) is 0 Å². The van der Waals surface area contributed by atoms with Crippen molar-refractivity contribution in [3.63, 3.8) is 0 Å². The summed E-state index contributed by atoms with van der Waals surface area (Å²) in [4.78, 5) is 11.6. The minimum Gasteiger partial charge on any atom is -0.338 e. The second kappa shape index (κ2) is 5.70. The Labute approximate surface area is 106 Å². The van der Waals surface area contributed by atoms with Crippen LogP contribution >= 0.6 is 11.6 Å². The molecule has 1 N–H and O–H groups in total. The first-order valence-corrected chi connectivity index (χ1v) is 5.78. The SMILES string of the molecule is CC(C)(C#N)NC(=O)CCc1ccccc1Cl. The maximum atomic E-state index is 11.6. The molecule has 0 saturated heterocycles. The third-order valence-electron chi connectivity index (χ3n) is 2.31. The predicted octanol–water partition coefficient (Wildman–Crippen LogP) is 2.69. The van der Waals surface area contributed by atoms with Crippen LogP contribution < -0.4 is 5.32 Å². The number of hydrogen-bond acceptors (Lipinski definition) is 2. The average Bonchev–Trinajstić information content (AvgIpc) is 2.27. The molecule has 0 atom stereocenters. The van der Waals surface area contributed by atoms with Crippen LogP contribution in [-0.4, -0.2) is 11.4 Å². The molecule has 0 saturated carbocycles. The summed E-state index contributed by atoms with van der Waals surface area (Å²) in [6, 6.07) is 9.46. The van der Waals surface area contributed by atoms with Crippen LogP contribution in [0.5, 0.6) is 0 Å². The largest absolute Gasteiger partial charge is 0.338 e. The molecule has 0 bridgehead atoms. The van der Waals surface area contributed by atoms with Crippen LogP contribution in [0.15, 0.2) is 24.3 Å². The van der Waals surface area contributed by atoms with Crippen molar-refractivity contribution in [1.82, 2.24) is 5.32 Å². The van der Waals surface area contributed by atoms with E-state index in [0.29, 0.717) is 17.9 Å². The van der Waals surface area contributed by atoms with Crippen molar-refractivity contribution in [2.24, 2.45) is 0 Å². The summed E-state index contributed by atoms with van der Waals surface area (Å²) in [7, 11) is 0. The van der Waals surface area contributed by atoms with Gasteiger partial charge in [0.1, 0.15) is 5.54 Å². The molecule has 3 nitrogen and oxygen atoms in total. The van der Waals surface area contributed by atoms with Gasteiger partial charge in [-0.05, 0) is 31.9 Å². The average molecular weight is 251 g/mol. The number of nitrogens with one attached hydrogen (secondary N) is 1. The van der Waals surface area contributed by atoms with Crippen LogP contribution in [0.25, 0.3) is 0 Å². The van der Waals surface area contributed by atoms with Crippen molar-refractivity contribution < 1.29 is 4.79 Å². The van der Waals surface area contributed by atoms with Gasteiger partial charge in [0.05, 0.1) is 6.07 Å². The molecule has 1 rings (SSSR count). The Morgan fingerprint density at radius 1 is 1.47 bits per heavy atom. The fourth-order valence-electron chi connectivity index (χ4n) is 1.39. The van der Waals surface area contributed by atoms with Gasteiger partial charge in [0.25, 0.3) is 0 Å². The van der Waals surface area contributed by atoms with E-state index in [1.807, 2.05) is 24.3 Å². The third-order valence-corrected chi connectivity index (χ3v) is 2.68.